The van der Waals surface area contributed by atoms with Crippen molar-refractivity contribution in [2.24, 2.45) is 0 Å². The SMILES string of the molecule is [2H]c1c([2H])c(F)c(F)c(C([2H])([2H])Sc2c([2H])c(=O)c3c([2H])c([2H])c([2H])c([2H])c3n2C([2H])([2H])C(=O)N(Cc2c([2H])c([2H])c(-c3c([2H])c([2H])c(C(F)(F)F)c(C)c3[2H])c([2H])c2[2H])C2([2H])C([2H])([2H])C([2H])([2H])N(C([2H])([2H])C([2H])([2H])OC)C([2H])([2H])C2([2H])[2H])c1[2H]. The first kappa shape index (κ1) is 15.0. The van der Waals surface area contributed by atoms with Gasteiger partial charge < -0.3 is 19.1 Å². The number of carbonyl (C=O) groups is 1. The number of piperidine rings is 1. The maximum absolute atomic E-state index is 16.0. The molecule has 6 nitrogen and oxygen atoms in total. The summed E-state index contributed by atoms with van der Waals surface area (Å²) in [5.74, 6) is -7.68. The minimum Gasteiger partial charge on any atom is -0.383 e. The summed E-state index contributed by atoms with van der Waals surface area (Å²) in [6.45, 7) is -24.8. The lowest BCUT2D eigenvalue weighted by atomic mass is 9.98. The number of alkyl halides is 3. The number of aromatic nitrogens is 1. The quantitative estimate of drug-likeness (QED) is 0.0937. The number of pyridine rings is 1. The Hall–Kier alpha value is -4.52. The molecule has 0 aliphatic carbocycles. The van der Waals surface area contributed by atoms with Crippen LogP contribution < -0.4 is 5.43 Å². The minimum absolute atomic E-state index is 0.430. The molecule has 53 heavy (non-hydrogen) atoms. The summed E-state index contributed by atoms with van der Waals surface area (Å²) in [4.78, 5) is 28.1. The van der Waals surface area contributed by atoms with Gasteiger partial charge in [0.05, 0.1) is 50.1 Å². The monoisotopic (exact) mass is 781 g/mol. The summed E-state index contributed by atoms with van der Waals surface area (Å²) in [5.41, 5.74) is -16.4. The van der Waals surface area contributed by atoms with Crippen molar-refractivity contribution < 1.29 is 75.3 Å². The maximum atomic E-state index is 16.0. The number of fused-ring (bicyclic) bond motifs is 1. The number of ether oxygens (including phenoxy) is 1. The lowest BCUT2D eigenvalue weighted by molar-refractivity contribution is -0.138. The third-order valence-electron chi connectivity index (χ3n) is 6.64. The summed E-state index contributed by atoms with van der Waals surface area (Å²) >= 11 is -0.879. The molecule has 1 saturated heterocycles. The zero-order valence-electron chi connectivity index (χ0n) is 58.6. The largest absolute Gasteiger partial charge is 0.416 e. The molecule has 1 aliphatic rings. The van der Waals surface area contributed by atoms with Crippen LogP contribution >= 0.6 is 11.8 Å². The van der Waals surface area contributed by atoms with E-state index in [1.165, 1.54) is 0 Å². The van der Waals surface area contributed by atoms with Crippen molar-refractivity contribution in [3.8, 4) is 11.1 Å². The molecule has 0 spiro atoms. The van der Waals surface area contributed by atoms with Gasteiger partial charge in [0.2, 0.25) is 5.91 Å². The Balaban J connectivity index is 1.85. The minimum atomic E-state index is -5.41. The lowest BCUT2D eigenvalue weighted by Crippen LogP contribution is -2.48. The van der Waals surface area contributed by atoms with Crippen LogP contribution in [0.5, 0.6) is 0 Å². The second-order valence-electron chi connectivity index (χ2n) is 10.1. The molecule has 278 valence electrons. The number of benzene rings is 4. The molecule has 0 unspecified atom stereocenters. The number of hydrogen-bond donors (Lipinski definition) is 0. The molecular weight excluding hydrogens is 710 g/mol. The molecule has 0 saturated carbocycles. The first-order valence-corrected chi connectivity index (χ1v) is 15.1. The maximum Gasteiger partial charge on any atom is 0.416 e. The van der Waals surface area contributed by atoms with Crippen LogP contribution in [0.1, 0.15) is 78.9 Å². The van der Waals surface area contributed by atoms with Gasteiger partial charge in [0, 0.05) is 78.3 Å². The van der Waals surface area contributed by atoms with Crippen LogP contribution in [0, 0.1) is 18.6 Å². The zero-order chi connectivity index (χ0) is 66.0. The van der Waals surface area contributed by atoms with Crippen LogP contribution in [-0.2, 0) is 34.5 Å². The summed E-state index contributed by atoms with van der Waals surface area (Å²) < 4.78 is 359. The predicted octanol–water partition coefficient (Wildman–Crippen LogP) is 8.71. The summed E-state index contributed by atoms with van der Waals surface area (Å²) in [5, 5.41) is -3.33. The molecule has 12 heteroatoms. The van der Waals surface area contributed by atoms with E-state index in [2.05, 4.69) is 4.74 Å². The van der Waals surface area contributed by atoms with Crippen molar-refractivity contribution in [2.75, 3.05) is 33.2 Å². The van der Waals surface area contributed by atoms with Crippen LogP contribution in [0.2, 0.25) is 0 Å². The molecule has 6 rings (SSSR count). The number of methoxy groups -OCH3 is 1. The van der Waals surface area contributed by atoms with Gasteiger partial charge in [-0.05, 0) is 66.1 Å². The van der Waals surface area contributed by atoms with Crippen LogP contribution in [0.4, 0.5) is 22.0 Å². The van der Waals surface area contributed by atoms with Crippen molar-refractivity contribution in [3.63, 3.8) is 0 Å². The highest BCUT2D eigenvalue weighted by Crippen LogP contribution is 2.34. The van der Waals surface area contributed by atoms with Gasteiger partial charge in [-0.2, -0.15) is 13.2 Å². The second kappa shape index (κ2) is 16.7. The molecule has 1 aliphatic heterocycles. The lowest BCUT2D eigenvalue weighted by Gasteiger charge is -2.39. The topological polar surface area (TPSA) is 54.8 Å². The third-order valence-corrected chi connectivity index (χ3v) is 7.43. The van der Waals surface area contributed by atoms with Gasteiger partial charge >= 0.3 is 6.18 Å². The average Bonchev–Trinajstić information content (AvgIpc) is 0.663. The Bertz CT molecular complexity index is 3650. The van der Waals surface area contributed by atoms with E-state index in [1.54, 1.807) is 0 Å². The number of carbonyl (C=O) groups excluding carboxylic acids is 1. The Morgan fingerprint density at radius 2 is 1.74 bits per heavy atom. The van der Waals surface area contributed by atoms with Gasteiger partial charge in [0.1, 0.15) is 6.50 Å². The van der Waals surface area contributed by atoms with E-state index in [9.17, 15) is 27.6 Å². The van der Waals surface area contributed by atoms with Crippen LogP contribution in [-0.4, -0.2) is 59.5 Å². The second-order valence-corrected chi connectivity index (χ2v) is 10.9. The smallest absolute Gasteiger partial charge is 0.383 e. The number of likely N-dealkylation sites (tertiary alicyclic amines) is 1. The fraction of sp³-hybridized carbons (Fsp3) is 0.317. The van der Waals surface area contributed by atoms with Gasteiger partial charge in [-0.15, -0.1) is 11.8 Å². The van der Waals surface area contributed by atoms with E-state index in [-0.39, 0.29) is 0 Å². The van der Waals surface area contributed by atoms with Crippen LogP contribution in [0.15, 0.2) is 100 Å². The molecule has 5 aromatic rings. The van der Waals surface area contributed by atoms with Crippen molar-refractivity contribution in [3.05, 3.63) is 135 Å². The molecule has 0 atom stereocenters. The van der Waals surface area contributed by atoms with Crippen molar-refractivity contribution in [2.45, 2.75) is 55.6 Å². The zero-order valence-corrected chi connectivity index (χ0v) is 27.4. The Labute approximate surface area is 354 Å². The molecule has 4 aromatic carbocycles. The standard InChI is InChI=1S/C41H40F5N3O3S/c1-27-22-30(14-15-34(27)41(44,45)46)29-12-10-28(11-13-29)24-48(32-16-18-47(19-17-32)20-21-52-2)38(51)25-49-36-9-4-3-7-33(36)37(50)23-39(49)53-26-31-6-5-8-35(42)40(31)43/h3-15,22-23,32H,16-21,24-26H2,1-2H3/i3D,4D,5D,6D,7D,8D,9D,10D,11D,12D,13D,14D,15D,16D2,17D2,18D2,19D2,20D2,21D2,22D,23D,25D2,26D2,32D. The normalized spacial score (nSPS) is 28.4. The highest BCUT2D eigenvalue weighted by molar-refractivity contribution is 7.98. The molecular formula is C41H40F5N3O3S. The van der Waals surface area contributed by atoms with Crippen molar-refractivity contribution >= 4 is 28.6 Å². The van der Waals surface area contributed by atoms with E-state index in [0.29, 0.717) is 14.0 Å². The highest BCUT2D eigenvalue weighted by Gasteiger charge is 2.32. The van der Waals surface area contributed by atoms with Gasteiger partial charge in [-0.1, -0.05) is 60.4 Å². The van der Waals surface area contributed by atoms with Gasteiger partial charge in [-0.25, -0.2) is 8.78 Å². The Kier molecular flexibility index (Phi) is 4.70. The summed E-state index contributed by atoms with van der Waals surface area (Å²) in [6, 6.07) is -28.7. The van der Waals surface area contributed by atoms with E-state index < -0.39 is 259 Å². The summed E-state index contributed by atoms with van der Waals surface area (Å²) in [7, 11) is 0.430. The highest BCUT2D eigenvalue weighted by atomic mass is 32.2. The molecule has 0 N–H and O–H groups in total. The molecule has 1 aromatic heterocycles. The van der Waals surface area contributed by atoms with E-state index >= 15 is 13.6 Å². The van der Waals surface area contributed by atoms with Gasteiger partial charge in [-0.3, -0.25) is 9.59 Å². The molecule has 2 heterocycles. The third kappa shape index (κ3) is 9.00. The van der Waals surface area contributed by atoms with Gasteiger partial charge in [0.25, 0.3) is 0 Å². The van der Waals surface area contributed by atoms with Crippen LogP contribution in [0.25, 0.3) is 22.0 Å². The molecule has 1 fully saturated rings. The van der Waals surface area contributed by atoms with Crippen molar-refractivity contribution in [1.82, 2.24) is 14.4 Å². The number of rotatable bonds is 12. The number of amides is 1. The Morgan fingerprint density at radius 3 is 2.45 bits per heavy atom. The molecule has 0 radical (unpaired) electrons. The number of halogens is 5. The summed E-state index contributed by atoms with van der Waals surface area (Å²) in [6.07, 6.45) is -15.5. The van der Waals surface area contributed by atoms with Gasteiger partial charge in [0.15, 0.2) is 17.1 Å². The Morgan fingerprint density at radius 1 is 1.02 bits per heavy atom. The molecule has 1 amide bonds. The van der Waals surface area contributed by atoms with Crippen LogP contribution in [0.3, 0.4) is 0 Å². The van der Waals surface area contributed by atoms with E-state index in [4.69, 9.17) is 34.3 Å². The van der Waals surface area contributed by atoms with E-state index in [0.717, 1.165) is 0 Å². The number of para-hydroxylation sites is 1. The van der Waals surface area contributed by atoms with E-state index in [1.807, 2.05) is 0 Å². The van der Waals surface area contributed by atoms with Crippen molar-refractivity contribution in [1.29, 1.82) is 0 Å². The number of thioether (sulfide) groups is 1. The fourth-order valence-electron chi connectivity index (χ4n) is 4.25. The first-order valence-electron chi connectivity index (χ1n) is 30.3. The fourth-order valence-corrected chi connectivity index (χ4v) is 4.96. The predicted molar refractivity (Wildman–Crippen MR) is 198 cm³/mol. The number of hydrogen-bond acceptors (Lipinski definition) is 5. The average molecular weight is 782 g/mol. The first-order chi connectivity index (χ1) is 38.1. The number of nitrogens with zero attached hydrogens (tertiary/aromatic N) is 3. The molecule has 0 bridgehead atoms.